The van der Waals surface area contributed by atoms with Crippen LogP contribution in [-0.2, 0) is 6.61 Å². The molecule has 0 saturated carbocycles. The van der Waals surface area contributed by atoms with E-state index in [4.69, 9.17) is 25.7 Å². The van der Waals surface area contributed by atoms with E-state index in [9.17, 15) is 0 Å². The van der Waals surface area contributed by atoms with Crippen LogP contribution in [0.4, 0.5) is 0 Å². The van der Waals surface area contributed by atoms with E-state index in [2.05, 4.69) is 5.92 Å². The maximum absolute atomic E-state index is 9.14. The molecule has 0 unspecified atom stereocenters. The molecule has 0 heterocycles. The Morgan fingerprint density at radius 1 is 1.22 bits per heavy atom. The van der Waals surface area contributed by atoms with Crippen LogP contribution in [0.5, 0.6) is 17.2 Å². The maximum atomic E-state index is 9.14. The Morgan fingerprint density at radius 2 is 1.83 bits per heavy atom. The van der Waals surface area contributed by atoms with Crippen molar-refractivity contribution in [2.75, 3.05) is 20.8 Å². The zero-order chi connectivity index (χ0) is 13.4. The molecule has 0 spiro atoms. The van der Waals surface area contributed by atoms with Gasteiger partial charge in [-0.25, -0.2) is 0 Å². The lowest BCUT2D eigenvalue weighted by Crippen LogP contribution is -2.02. The van der Waals surface area contributed by atoms with E-state index in [0.29, 0.717) is 35.8 Å². The van der Waals surface area contributed by atoms with Crippen molar-refractivity contribution >= 4 is 0 Å². The van der Waals surface area contributed by atoms with Crippen molar-refractivity contribution in [1.82, 2.24) is 0 Å². The Morgan fingerprint density at radius 3 is 2.28 bits per heavy atom. The van der Waals surface area contributed by atoms with E-state index < -0.39 is 0 Å². The molecule has 0 atom stereocenters. The quantitative estimate of drug-likeness (QED) is 0.594. The third-order valence-corrected chi connectivity index (χ3v) is 2.41. The second kappa shape index (κ2) is 7.46. The summed E-state index contributed by atoms with van der Waals surface area (Å²) in [7, 11) is 3.09. The molecular formula is C14H18O4. The Kier molecular flexibility index (Phi) is 5.89. The summed E-state index contributed by atoms with van der Waals surface area (Å²) in [5.41, 5.74) is 0.708. The first kappa shape index (κ1) is 14.2. The smallest absolute Gasteiger partial charge is 0.203 e. The van der Waals surface area contributed by atoms with Gasteiger partial charge in [0.2, 0.25) is 5.75 Å². The highest BCUT2D eigenvalue weighted by Gasteiger charge is 2.13. The maximum Gasteiger partial charge on any atom is 0.203 e. The number of hydrogen-bond acceptors (Lipinski definition) is 4. The van der Waals surface area contributed by atoms with Crippen LogP contribution in [0.25, 0.3) is 0 Å². The zero-order valence-corrected chi connectivity index (χ0v) is 10.7. The number of benzene rings is 1. The number of methoxy groups -OCH3 is 2. The van der Waals surface area contributed by atoms with Crippen LogP contribution in [0, 0.1) is 12.3 Å². The van der Waals surface area contributed by atoms with Crippen LogP contribution in [-0.4, -0.2) is 25.9 Å². The van der Waals surface area contributed by atoms with Gasteiger partial charge in [0, 0.05) is 6.42 Å². The van der Waals surface area contributed by atoms with Gasteiger partial charge >= 0.3 is 0 Å². The average Bonchev–Trinajstić information content (AvgIpc) is 2.42. The molecule has 1 rings (SSSR count). The van der Waals surface area contributed by atoms with Gasteiger partial charge in [-0.3, -0.25) is 0 Å². The summed E-state index contributed by atoms with van der Waals surface area (Å²) >= 11 is 0. The van der Waals surface area contributed by atoms with Crippen molar-refractivity contribution in [1.29, 1.82) is 0 Å². The minimum absolute atomic E-state index is 0.0793. The largest absolute Gasteiger partial charge is 0.493 e. The molecule has 0 radical (unpaired) electrons. The highest BCUT2D eigenvalue weighted by Crippen LogP contribution is 2.38. The molecule has 0 aromatic heterocycles. The summed E-state index contributed by atoms with van der Waals surface area (Å²) in [6.45, 7) is 0.416. The van der Waals surface area contributed by atoms with Crippen molar-refractivity contribution in [2.45, 2.75) is 19.4 Å². The van der Waals surface area contributed by atoms with Gasteiger partial charge < -0.3 is 19.3 Å². The summed E-state index contributed by atoms with van der Waals surface area (Å²) in [5, 5.41) is 9.14. The van der Waals surface area contributed by atoms with Crippen LogP contribution in [0.1, 0.15) is 18.4 Å². The van der Waals surface area contributed by atoms with E-state index in [1.807, 2.05) is 0 Å². The normalized spacial score (nSPS) is 9.67. The number of aliphatic hydroxyl groups is 1. The Balaban J connectivity index is 2.89. The minimum atomic E-state index is -0.0793. The predicted molar refractivity (Wildman–Crippen MR) is 69.0 cm³/mol. The molecule has 0 bridgehead atoms. The molecule has 18 heavy (non-hydrogen) atoms. The molecule has 4 nitrogen and oxygen atoms in total. The monoisotopic (exact) mass is 250 g/mol. The number of terminal acetylenes is 1. The summed E-state index contributed by atoms with van der Waals surface area (Å²) in [4.78, 5) is 0. The summed E-state index contributed by atoms with van der Waals surface area (Å²) in [5.74, 6) is 4.17. The fraction of sp³-hybridized carbons (Fsp3) is 0.429. The highest BCUT2D eigenvalue weighted by atomic mass is 16.5. The van der Waals surface area contributed by atoms with E-state index in [-0.39, 0.29) is 6.61 Å². The minimum Gasteiger partial charge on any atom is -0.493 e. The molecule has 0 aliphatic heterocycles. The Hall–Kier alpha value is -1.86. The topological polar surface area (TPSA) is 47.9 Å². The van der Waals surface area contributed by atoms with Crippen LogP contribution in [0.2, 0.25) is 0 Å². The van der Waals surface area contributed by atoms with Gasteiger partial charge in [0.15, 0.2) is 11.5 Å². The number of hydrogen-bond donors (Lipinski definition) is 1. The molecule has 1 N–H and O–H groups in total. The molecule has 4 heteroatoms. The first-order valence-corrected chi connectivity index (χ1v) is 5.68. The Labute approximate surface area is 107 Å². The molecule has 0 saturated heterocycles. The van der Waals surface area contributed by atoms with Gasteiger partial charge in [0.25, 0.3) is 0 Å². The summed E-state index contributed by atoms with van der Waals surface area (Å²) < 4.78 is 16.1. The van der Waals surface area contributed by atoms with Crippen molar-refractivity contribution in [2.24, 2.45) is 0 Å². The number of unbranched alkanes of at least 4 members (excludes halogenated alkanes) is 1. The van der Waals surface area contributed by atoms with Crippen molar-refractivity contribution in [3.8, 4) is 29.6 Å². The fourth-order valence-corrected chi connectivity index (χ4v) is 1.52. The molecule has 0 aliphatic rings. The van der Waals surface area contributed by atoms with E-state index in [1.165, 1.54) is 0 Å². The lowest BCUT2D eigenvalue weighted by atomic mass is 10.2. The Bertz CT molecular complexity index is 395. The average molecular weight is 250 g/mol. The zero-order valence-electron chi connectivity index (χ0n) is 10.7. The predicted octanol–water partition coefficient (Wildman–Crippen LogP) is 1.99. The summed E-state index contributed by atoms with van der Waals surface area (Å²) in [6.07, 6.45) is 6.61. The standard InChI is InChI=1S/C14H18O4/c1-4-5-6-7-18-14-12(16-2)8-11(10-15)9-13(14)17-3/h1,8-9,15H,5-7,10H2,2-3H3. The molecule has 0 amide bonds. The third-order valence-electron chi connectivity index (χ3n) is 2.41. The van der Waals surface area contributed by atoms with Crippen LogP contribution in [0.3, 0.4) is 0 Å². The van der Waals surface area contributed by atoms with Crippen LogP contribution < -0.4 is 14.2 Å². The molecule has 98 valence electrons. The third kappa shape index (κ3) is 3.57. The van der Waals surface area contributed by atoms with Crippen molar-refractivity contribution in [3.63, 3.8) is 0 Å². The van der Waals surface area contributed by atoms with Gasteiger partial charge in [-0.1, -0.05) is 0 Å². The number of ether oxygens (including phenoxy) is 3. The van der Waals surface area contributed by atoms with Gasteiger partial charge in [-0.2, -0.15) is 0 Å². The first-order chi connectivity index (χ1) is 8.76. The van der Waals surface area contributed by atoms with E-state index in [1.54, 1.807) is 26.4 Å². The SMILES string of the molecule is C#CCCCOc1c(OC)cc(CO)cc1OC. The molecular weight excluding hydrogens is 232 g/mol. The van der Waals surface area contributed by atoms with Crippen molar-refractivity contribution in [3.05, 3.63) is 17.7 Å². The lowest BCUT2D eigenvalue weighted by Gasteiger charge is -2.15. The van der Waals surface area contributed by atoms with Gasteiger partial charge in [0.1, 0.15) is 0 Å². The van der Waals surface area contributed by atoms with Gasteiger partial charge in [0.05, 0.1) is 27.4 Å². The molecule has 1 aromatic rings. The van der Waals surface area contributed by atoms with E-state index in [0.717, 1.165) is 6.42 Å². The number of rotatable bonds is 7. The van der Waals surface area contributed by atoms with Gasteiger partial charge in [-0.05, 0) is 24.1 Å². The highest BCUT2D eigenvalue weighted by molar-refractivity contribution is 5.53. The molecule has 1 aromatic carbocycles. The second-order valence-corrected chi connectivity index (χ2v) is 3.64. The van der Waals surface area contributed by atoms with Crippen LogP contribution in [0.15, 0.2) is 12.1 Å². The van der Waals surface area contributed by atoms with E-state index >= 15 is 0 Å². The van der Waals surface area contributed by atoms with Crippen LogP contribution >= 0.6 is 0 Å². The second-order valence-electron chi connectivity index (χ2n) is 3.64. The molecule has 0 aliphatic carbocycles. The van der Waals surface area contributed by atoms with Crippen molar-refractivity contribution < 1.29 is 19.3 Å². The number of aliphatic hydroxyl groups excluding tert-OH is 1. The first-order valence-electron chi connectivity index (χ1n) is 5.68. The fourth-order valence-electron chi connectivity index (χ4n) is 1.52. The molecule has 0 fully saturated rings. The van der Waals surface area contributed by atoms with Gasteiger partial charge in [-0.15, -0.1) is 12.3 Å². The lowest BCUT2D eigenvalue weighted by molar-refractivity contribution is 0.264. The summed E-state index contributed by atoms with van der Waals surface area (Å²) in [6, 6.07) is 3.44.